The van der Waals surface area contributed by atoms with Gasteiger partial charge < -0.3 is 14.2 Å². The maximum absolute atomic E-state index is 14.6. The molecule has 0 unspecified atom stereocenters. The van der Waals surface area contributed by atoms with Crippen molar-refractivity contribution in [1.82, 2.24) is 4.57 Å². The molecule has 6 aromatic rings. The topological polar surface area (TPSA) is 99.3 Å². The quantitative estimate of drug-likeness (QED) is 0.0656. The molecule has 5 aromatic carbocycles. The summed E-state index contributed by atoms with van der Waals surface area (Å²) in [5.74, 6) is -0.731. The molecule has 0 spiro atoms. The standard InChI is InChI=1S/C43H41N3O5/c1-24(2)19-39(45-51-30(8)48)32-15-18-40-36(22-32)37-23-38(43(49)41-26(4)20-25(3)21-27(41)5)34-11-9-10-12-35(34)42(37)46(40)33-16-13-31(14-17-33)28(6)44-50-29(7)47/h9-18,20-24H,19H2,1-8H3. The van der Waals surface area contributed by atoms with E-state index in [0.29, 0.717) is 29.0 Å². The van der Waals surface area contributed by atoms with E-state index in [2.05, 4.69) is 59.1 Å². The Morgan fingerprint density at radius 3 is 1.92 bits per heavy atom. The number of oxime groups is 2. The summed E-state index contributed by atoms with van der Waals surface area (Å²) in [6.45, 7) is 14.7. The highest BCUT2D eigenvalue weighted by Crippen LogP contribution is 2.40. The highest BCUT2D eigenvalue weighted by atomic mass is 16.7. The van der Waals surface area contributed by atoms with Crippen molar-refractivity contribution < 1.29 is 24.1 Å². The van der Waals surface area contributed by atoms with Crippen LogP contribution in [0.3, 0.4) is 0 Å². The Balaban J connectivity index is 1.67. The fraction of sp³-hybridized carbons (Fsp3) is 0.233. The molecule has 0 bridgehead atoms. The van der Waals surface area contributed by atoms with E-state index in [9.17, 15) is 14.4 Å². The van der Waals surface area contributed by atoms with E-state index in [-0.39, 0.29) is 11.7 Å². The van der Waals surface area contributed by atoms with Crippen molar-refractivity contribution in [1.29, 1.82) is 0 Å². The minimum Gasteiger partial charge on any atom is -0.318 e. The fourth-order valence-corrected chi connectivity index (χ4v) is 6.93. The molecule has 0 radical (unpaired) electrons. The first-order valence-corrected chi connectivity index (χ1v) is 17.0. The monoisotopic (exact) mass is 679 g/mol. The molecule has 51 heavy (non-hydrogen) atoms. The molecule has 0 N–H and O–H groups in total. The van der Waals surface area contributed by atoms with Crippen LogP contribution in [0, 0.1) is 26.7 Å². The van der Waals surface area contributed by atoms with Gasteiger partial charge in [-0.25, -0.2) is 9.59 Å². The minimum atomic E-state index is -0.484. The van der Waals surface area contributed by atoms with Gasteiger partial charge in [-0.15, -0.1) is 0 Å². The van der Waals surface area contributed by atoms with Crippen LogP contribution >= 0.6 is 0 Å². The van der Waals surface area contributed by atoms with Gasteiger partial charge in [0.05, 0.1) is 22.5 Å². The number of ketones is 1. The molecule has 8 heteroatoms. The predicted octanol–water partition coefficient (Wildman–Crippen LogP) is 9.69. The van der Waals surface area contributed by atoms with Gasteiger partial charge in [-0.3, -0.25) is 4.79 Å². The van der Waals surface area contributed by atoms with E-state index in [1.807, 2.05) is 75.4 Å². The van der Waals surface area contributed by atoms with Crippen LogP contribution in [0.5, 0.6) is 0 Å². The number of nitrogens with zero attached hydrogens (tertiary/aromatic N) is 3. The van der Waals surface area contributed by atoms with Crippen LogP contribution in [0.15, 0.2) is 95.2 Å². The molecule has 1 heterocycles. The normalized spacial score (nSPS) is 12.3. The third kappa shape index (κ3) is 6.95. The van der Waals surface area contributed by atoms with Crippen LogP contribution in [-0.2, 0) is 19.3 Å². The van der Waals surface area contributed by atoms with Crippen molar-refractivity contribution in [3.8, 4) is 5.69 Å². The lowest BCUT2D eigenvalue weighted by Gasteiger charge is -2.15. The van der Waals surface area contributed by atoms with Crippen molar-refractivity contribution in [2.24, 2.45) is 16.2 Å². The molecule has 0 saturated carbocycles. The van der Waals surface area contributed by atoms with E-state index in [0.717, 1.165) is 66.1 Å². The number of fused-ring (bicyclic) bond motifs is 5. The Labute approximate surface area is 297 Å². The van der Waals surface area contributed by atoms with Gasteiger partial charge in [-0.2, -0.15) is 0 Å². The van der Waals surface area contributed by atoms with Crippen LogP contribution in [-0.4, -0.2) is 33.7 Å². The molecule has 0 aliphatic carbocycles. The second-order valence-corrected chi connectivity index (χ2v) is 13.6. The van der Waals surface area contributed by atoms with E-state index in [1.165, 1.54) is 13.8 Å². The van der Waals surface area contributed by atoms with E-state index in [4.69, 9.17) is 9.68 Å². The molecule has 6 rings (SSSR count). The first-order valence-electron chi connectivity index (χ1n) is 17.0. The van der Waals surface area contributed by atoms with Gasteiger partial charge in [0, 0.05) is 52.4 Å². The molecule has 0 aliphatic rings. The van der Waals surface area contributed by atoms with Crippen LogP contribution in [0.1, 0.15) is 84.8 Å². The summed E-state index contributed by atoms with van der Waals surface area (Å²) in [7, 11) is 0. The number of benzene rings is 5. The number of hydrogen-bond acceptors (Lipinski definition) is 7. The van der Waals surface area contributed by atoms with Gasteiger partial charge in [0.15, 0.2) is 5.78 Å². The third-order valence-corrected chi connectivity index (χ3v) is 8.99. The zero-order chi connectivity index (χ0) is 36.6. The zero-order valence-electron chi connectivity index (χ0n) is 30.3. The summed E-state index contributed by atoms with van der Waals surface area (Å²) in [5.41, 5.74) is 10.00. The largest absolute Gasteiger partial charge is 0.331 e. The smallest absolute Gasteiger partial charge is 0.318 e. The number of rotatable bonds is 9. The average molecular weight is 680 g/mol. The Kier molecular flexibility index (Phi) is 9.70. The van der Waals surface area contributed by atoms with Crippen molar-refractivity contribution in [2.75, 3.05) is 0 Å². The maximum Gasteiger partial charge on any atom is 0.331 e. The second-order valence-electron chi connectivity index (χ2n) is 13.6. The average Bonchev–Trinajstić information content (AvgIpc) is 3.41. The number of carbonyl (C=O) groups is 3. The Bertz CT molecular complexity index is 2410. The molecule has 1 aromatic heterocycles. The number of hydrogen-bond donors (Lipinski definition) is 0. The molecule has 0 aliphatic heterocycles. The zero-order valence-corrected chi connectivity index (χ0v) is 30.3. The van der Waals surface area contributed by atoms with Gasteiger partial charge in [-0.05, 0) is 92.4 Å². The Morgan fingerprint density at radius 2 is 1.29 bits per heavy atom. The molecule has 0 saturated heterocycles. The first-order chi connectivity index (χ1) is 24.3. The molecule has 0 atom stereocenters. The number of aryl methyl sites for hydroxylation is 3. The van der Waals surface area contributed by atoms with Crippen LogP contribution in [0.25, 0.3) is 38.3 Å². The van der Waals surface area contributed by atoms with Gasteiger partial charge in [-0.1, -0.05) is 84.3 Å². The highest BCUT2D eigenvalue weighted by molar-refractivity contribution is 6.27. The predicted molar refractivity (Wildman–Crippen MR) is 204 cm³/mol. The van der Waals surface area contributed by atoms with E-state index < -0.39 is 11.9 Å². The summed E-state index contributed by atoms with van der Waals surface area (Å²) in [4.78, 5) is 47.7. The molecule has 0 amide bonds. The van der Waals surface area contributed by atoms with Crippen molar-refractivity contribution in [3.63, 3.8) is 0 Å². The SMILES string of the molecule is CC(=O)ON=C(C)c1ccc(-n2c3ccc(C(CC(C)C)=NOC(C)=O)cc3c3cc(C(=O)c4c(C)cc(C)cc4C)c4ccccc4c32)cc1. The number of carbonyl (C=O) groups excluding carboxylic acids is 3. The van der Waals surface area contributed by atoms with E-state index in [1.54, 1.807) is 6.92 Å². The van der Waals surface area contributed by atoms with Crippen LogP contribution in [0.2, 0.25) is 0 Å². The van der Waals surface area contributed by atoms with Crippen molar-refractivity contribution >= 4 is 61.7 Å². The number of aromatic nitrogens is 1. The van der Waals surface area contributed by atoms with E-state index >= 15 is 0 Å². The summed E-state index contributed by atoms with van der Waals surface area (Å²) < 4.78 is 2.21. The third-order valence-electron chi connectivity index (χ3n) is 8.99. The van der Waals surface area contributed by atoms with Gasteiger partial charge in [0.2, 0.25) is 0 Å². The Hall–Kier alpha value is -5.89. The second kappa shape index (κ2) is 14.2. The molecular formula is C43H41N3O5. The molecule has 258 valence electrons. The molecule has 0 fully saturated rings. The van der Waals surface area contributed by atoms with Gasteiger partial charge in [0.1, 0.15) is 0 Å². The minimum absolute atomic E-state index is 0.0241. The lowest BCUT2D eigenvalue weighted by atomic mass is 9.89. The van der Waals surface area contributed by atoms with Crippen molar-refractivity contribution in [3.05, 3.63) is 124 Å². The molecule has 8 nitrogen and oxygen atoms in total. The van der Waals surface area contributed by atoms with Crippen molar-refractivity contribution in [2.45, 2.75) is 61.8 Å². The summed E-state index contributed by atoms with van der Waals surface area (Å²) >= 11 is 0. The van der Waals surface area contributed by atoms with Crippen LogP contribution in [0.4, 0.5) is 0 Å². The highest BCUT2D eigenvalue weighted by Gasteiger charge is 2.23. The molecular weight excluding hydrogens is 638 g/mol. The lowest BCUT2D eigenvalue weighted by Crippen LogP contribution is -2.08. The summed E-state index contributed by atoms with van der Waals surface area (Å²) in [6, 6.07) is 28.2. The van der Waals surface area contributed by atoms with Gasteiger partial charge >= 0.3 is 11.9 Å². The fourth-order valence-electron chi connectivity index (χ4n) is 6.93. The Morgan fingerprint density at radius 1 is 0.686 bits per heavy atom. The summed E-state index contributed by atoms with van der Waals surface area (Å²) in [5, 5.41) is 11.8. The lowest BCUT2D eigenvalue weighted by molar-refractivity contribution is -0.141. The van der Waals surface area contributed by atoms with Crippen LogP contribution < -0.4 is 0 Å². The summed E-state index contributed by atoms with van der Waals surface area (Å²) in [6.07, 6.45) is 0.603. The maximum atomic E-state index is 14.6. The first kappa shape index (κ1) is 35.0. The van der Waals surface area contributed by atoms with Gasteiger partial charge in [0.25, 0.3) is 0 Å².